The van der Waals surface area contributed by atoms with Crippen LogP contribution in [0.4, 0.5) is 0 Å². The van der Waals surface area contributed by atoms with Crippen molar-refractivity contribution >= 4 is 23.2 Å². The third kappa shape index (κ3) is 1.56. The van der Waals surface area contributed by atoms with E-state index in [2.05, 4.69) is 25.4 Å². The van der Waals surface area contributed by atoms with Crippen molar-refractivity contribution in [1.82, 2.24) is 25.4 Å². The minimum Gasteiger partial charge on any atom is -0.214 e. The zero-order valence-corrected chi connectivity index (χ0v) is 8.63. The monoisotopic (exact) mass is 229 g/mol. The molecule has 2 aromatic heterocycles. The summed E-state index contributed by atoms with van der Waals surface area (Å²) >= 11 is 11.7. The van der Waals surface area contributed by atoms with Crippen LogP contribution in [0.1, 0.15) is 5.56 Å². The van der Waals surface area contributed by atoms with Gasteiger partial charge in [-0.25, -0.2) is 9.97 Å². The molecule has 0 radical (unpaired) electrons. The van der Waals surface area contributed by atoms with Crippen LogP contribution in [0.3, 0.4) is 0 Å². The third-order valence-electron chi connectivity index (χ3n) is 1.67. The minimum atomic E-state index is 0.322. The van der Waals surface area contributed by atoms with Crippen LogP contribution in [0.2, 0.25) is 10.3 Å². The average Bonchev–Trinajstić information content (AvgIpc) is 2.66. The fourth-order valence-electron chi connectivity index (χ4n) is 0.888. The van der Waals surface area contributed by atoms with E-state index in [1.807, 2.05) is 0 Å². The molecule has 14 heavy (non-hydrogen) atoms. The molecule has 0 bridgehead atoms. The van der Waals surface area contributed by atoms with Gasteiger partial charge in [0.1, 0.15) is 16.0 Å². The molecule has 0 aromatic carbocycles. The van der Waals surface area contributed by atoms with Crippen LogP contribution in [0.5, 0.6) is 0 Å². The van der Waals surface area contributed by atoms with Crippen molar-refractivity contribution in [3.63, 3.8) is 0 Å². The summed E-state index contributed by atoms with van der Waals surface area (Å²) in [6.07, 6.45) is 1.50. The Morgan fingerprint density at radius 2 is 1.86 bits per heavy atom. The van der Waals surface area contributed by atoms with Crippen LogP contribution in [-0.2, 0) is 0 Å². The fraction of sp³-hybridized carbons (Fsp3) is 0.143. The molecule has 0 aliphatic rings. The van der Waals surface area contributed by atoms with Crippen LogP contribution >= 0.6 is 23.2 Å². The molecule has 2 rings (SSSR count). The first-order chi connectivity index (χ1) is 6.68. The second-order valence-corrected chi connectivity index (χ2v) is 3.33. The second-order valence-electron chi connectivity index (χ2n) is 2.61. The van der Waals surface area contributed by atoms with Gasteiger partial charge in [-0.05, 0) is 6.92 Å². The van der Waals surface area contributed by atoms with Crippen molar-refractivity contribution in [2.24, 2.45) is 0 Å². The van der Waals surface area contributed by atoms with Gasteiger partial charge in [-0.1, -0.05) is 23.2 Å². The molecule has 1 N–H and O–H groups in total. The normalized spacial score (nSPS) is 10.5. The quantitative estimate of drug-likeness (QED) is 0.759. The molecule has 2 heterocycles. The molecular formula is C7H5Cl2N5. The lowest BCUT2D eigenvalue weighted by molar-refractivity contribution is 0.938. The van der Waals surface area contributed by atoms with Crippen molar-refractivity contribution in [3.8, 4) is 11.5 Å². The maximum Gasteiger partial charge on any atom is 0.184 e. The molecule has 5 nitrogen and oxygen atoms in total. The summed E-state index contributed by atoms with van der Waals surface area (Å²) in [5.41, 5.74) is 1.16. The first kappa shape index (κ1) is 9.36. The highest BCUT2D eigenvalue weighted by atomic mass is 35.5. The molecule has 0 atom stereocenters. The molecule has 7 heteroatoms. The van der Waals surface area contributed by atoms with Crippen LogP contribution in [-0.4, -0.2) is 25.4 Å². The Labute approximate surface area is 89.5 Å². The lowest BCUT2D eigenvalue weighted by Crippen LogP contribution is -1.94. The zero-order chi connectivity index (χ0) is 10.1. The Bertz CT molecular complexity index is 430. The third-order valence-corrected chi connectivity index (χ3v) is 2.41. The molecule has 0 amide bonds. The summed E-state index contributed by atoms with van der Waals surface area (Å²) in [5, 5.41) is 10.6. The molecule has 0 unspecified atom stereocenters. The van der Waals surface area contributed by atoms with Crippen LogP contribution in [0.25, 0.3) is 11.5 Å². The van der Waals surface area contributed by atoms with E-state index in [0.29, 0.717) is 27.4 Å². The van der Waals surface area contributed by atoms with E-state index in [9.17, 15) is 0 Å². The van der Waals surface area contributed by atoms with E-state index < -0.39 is 0 Å². The van der Waals surface area contributed by atoms with E-state index in [0.717, 1.165) is 0 Å². The summed E-state index contributed by atoms with van der Waals surface area (Å²) in [6.45, 7) is 1.75. The van der Waals surface area contributed by atoms with E-state index in [1.54, 1.807) is 6.92 Å². The number of nitrogens with one attached hydrogen (secondary N) is 1. The Hall–Kier alpha value is -1.20. The Kier molecular flexibility index (Phi) is 2.35. The van der Waals surface area contributed by atoms with Crippen molar-refractivity contribution in [2.45, 2.75) is 6.92 Å². The van der Waals surface area contributed by atoms with Crippen LogP contribution in [0.15, 0.2) is 6.20 Å². The van der Waals surface area contributed by atoms with Gasteiger partial charge in [0.25, 0.3) is 0 Å². The topological polar surface area (TPSA) is 67.3 Å². The SMILES string of the molecule is Cc1c(Cl)nc(-c2cn[nH]n2)nc1Cl. The van der Waals surface area contributed by atoms with Crippen molar-refractivity contribution in [1.29, 1.82) is 0 Å². The molecular weight excluding hydrogens is 225 g/mol. The zero-order valence-electron chi connectivity index (χ0n) is 7.12. The van der Waals surface area contributed by atoms with Crippen molar-refractivity contribution < 1.29 is 0 Å². The number of H-pyrrole nitrogens is 1. The number of halogens is 2. The summed E-state index contributed by atoms with van der Waals surface area (Å²) < 4.78 is 0. The summed E-state index contributed by atoms with van der Waals surface area (Å²) in [6, 6.07) is 0. The summed E-state index contributed by atoms with van der Waals surface area (Å²) in [4.78, 5) is 8.05. The summed E-state index contributed by atoms with van der Waals surface area (Å²) in [7, 11) is 0. The average molecular weight is 230 g/mol. The van der Waals surface area contributed by atoms with Crippen molar-refractivity contribution in [3.05, 3.63) is 22.1 Å². The largest absolute Gasteiger partial charge is 0.214 e. The first-order valence-corrected chi connectivity index (χ1v) is 4.50. The number of aromatic nitrogens is 5. The molecule has 0 aliphatic carbocycles. The highest BCUT2D eigenvalue weighted by Gasteiger charge is 2.10. The second kappa shape index (κ2) is 3.51. The highest BCUT2D eigenvalue weighted by Crippen LogP contribution is 2.22. The molecule has 0 aliphatic heterocycles. The van der Waals surface area contributed by atoms with Crippen LogP contribution < -0.4 is 0 Å². The van der Waals surface area contributed by atoms with Gasteiger partial charge in [-0.3, -0.25) is 0 Å². The smallest absolute Gasteiger partial charge is 0.184 e. The van der Waals surface area contributed by atoms with Crippen LogP contribution in [0, 0.1) is 6.92 Å². The summed E-state index contributed by atoms with van der Waals surface area (Å²) in [5.74, 6) is 0.361. The molecule has 72 valence electrons. The van der Waals surface area contributed by atoms with E-state index in [-0.39, 0.29) is 0 Å². The number of aromatic amines is 1. The van der Waals surface area contributed by atoms with E-state index in [4.69, 9.17) is 23.2 Å². The number of hydrogen-bond donors (Lipinski definition) is 1. The number of nitrogens with zero attached hydrogens (tertiary/aromatic N) is 4. The molecule has 0 fully saturated rings. The van der Waals surface area contributed by atoms with Gasteiger partial charge in [0, 0.05) is 5.56 Å². The predicted molar refractivity (Wildman–Crippen MR) is 52.2 cm³/mol. The number of rotatable bonds is 1. The molecule has 0 saturated heterocycles. The maximum atomic E-state index is 5.84. The number of hydrogen-bond acceptors (Lipinski definition) is 4. The molecule has 2 aromatic rings. The lowest BCUT2D eigenvalue weighted by atomic mass is 10.3. The first-order valence-electron chi connectivity index (χ1n) is 3.74. The van der Waals surface area contributed by atoms with Crippen molar-refractivity contribution in [2.75, 3.05) is 0 Å². The van der Waals surface area contributed by atoms with Gasteiger partial charge in [-0.15, -0.1) is 0 Å². The fourth-order valence-corrected chi connectivity index (χ4v) is 1.28. The Morgan fingerprint density at radius 3 is 2.36 bits per heavy atom. The van der Waals surface area contributed by atoms with E-state index >= 15 is 0 Å². The predicted octanol–water partition coefficient (Wildman–Crippen LogP) is 1.88. The highest BCUT2D eigenvalue weighted by molar-refractivity contribution is 6.34. The van der Waals surface area contributed by atoms with E-state index in [1.165, 1.54) is 6.20 Å². The maximum absolute atomic E-state index is 5.84. The molecule has 0 spiro atoms. The van der Waals surface area contributed by atoms with Gasteiger partial charge >= 0.3 is 0 Å². The minimum absolute atomic E-state index is 0.322. The Balaban J connectivity index is 2.57. The van der Waals surface area contributed by atoms with Gasteiger partial charge < -0.3 is 0 Å². The Morgan fingerprint density at radius 1 is 1.21 bits per heavy atom. The standard InChI is InChI=1S/C7H5Cl2N5/c1-3-5(8)11-7(12-6(3)9)4-2-10-14-13-4/h2H,1H3,(H,10,13,14). The van der Waals surface area contributed by atoms with Gasteiger partial charge in [0.15, 0.2) is 5.82 Å². The molecule has 0 saturated carbocycles. The van der Waals surface area contributed by atoms with Gasteiger partial charge in [0.2, 0.25) is 0 Å². The lowest BCUT2D eigenvalue weighted by Gasteiger charge is -2.01. The van der Waals surface area contributed by atoms with Gasteiger partial charge in [-0.2, -0.15) is 15.4 Å². The van der Waals surface area contributed by atoms with Gasteiger partial charge in [0.05, 0.1) is 6.20 Å².